The van der Waals surface area contributed by atoms with Crippen LogP contribution >= 0.6 is 0 Å². The molecule has 3 heteroatoms. The van der Waals surface area contributed by atoms with Crippen molar-refractivity contribution in [3.8, 4) is 0 Å². The van der Waals surface area contributed by atoms with Gasteiger partial charge >= 0.3 is 0 Å². The predicted molar refractivity (Wildman–Crippen MR) is 79.2 cm³/mol. The van der Waals surface area contributed by atoms with E-state index in [1.165, 1.54) is 0 Å². The van der Waals surface area contributed by atoms with Crippen LogP contribution in [0.1, 0.15) is 31.0 Å². The first-order valence-electron chi connectivity index (χ1n) is 6.91. The van der Waals surface area contributed by atoms with Gasteiger partial charge in [-0.1, -0.05) is 32.0 Å². The molecule has 102 valence electrons. The minimum absolute atomic E-state index is 0.0221. The van der Waals surface area contributed by atoms with Gasteiger partial charge in [-0.2, -0.15) is 0 Å². The molecule has 1 atom stereocenters. The number of hydrogen-bond donors (Lipinski definition) is 1. The molecule has 1 heterocycles. The summed E-state index contributed by atoms with van der Waals surface area (Å²) in [6.07, 6.45) is 1.89. The Morgan fingerprint density at radius 3 is 2.63 bits per heavy atom. The summed E-state index contributed by atoms with van der Waals surface area (Å²) in [6.45, 7) is 8.25. The largest absolute Gasteiger partial charge is 0.394 e. The van der Waals surface area contributed by atoms with Crippen molar-refractivity contribution in [2.75, 3.05) is 19.7 Å². The average Bonchev–Trinajstić information content (AvgIpc) is 2.43. The van der Waals surface area contributed by atoms with Gasteiger partial charge in [0.05, 0.1) is 18.2 Å². The Labute approximate surface area is 114 Å². The van der Waals surface area contributed by atoms with Gasteiger partial charge in [0.15, 0.2) is 0 Å². The number of aromatic nitrogens is 1. The molecule has 0 aliphatic heterocycles. The van der Waals surface area contributed by atoms with Gasteiger partial charge < -0.3 is 5.11 Å². The highest BCUT2D eigenvalue weighted by Crippen LogP contribution is 2.27. The Balaban J connectivity index is 2.54. The Morgan fingerprint density at radius 2 is 2.00 bits per heavy atom. The van der Waals surface area contributed by atoms with E-state index in [1.54, 1.807) is 0 Å². The summed E-state index contributed by atoms with van der Waals surface area (Å²) in [5.74, 6) is 0. The maximum absolute atomic E-state index is 9.76. The minimum atomic E-state index is 0.0221. The molecule has 0 amide bonds. The fraction of sp³-hybridized carbons (Fsp3) is 0.438. The molecule has 0 fully saturated rings. The Kier molecular flexibility index (Phi) is 4.51. The van der Waals surface area contributed by atoms with Crippen LogP contribution in [0.25, 0.3) is 10.9 Å². The SMILES string of the molecule is CCN(CC)C(CO)c1cccc2cc(C)cnc12. The maximum Gasteiger partial charge on any atom is 0.0750 e. The molecule has 0 aliphatic carbocycles. The molecule has 1 aromatic carbocycles. The van der Waals surface area contributed by atoms with E-state index >= 15 is 0 Å². The number of aryl methyl sites for hydroxylation is 1. The van der Waals surface area contributed by atoms with Crippen molar-refractivity contribution < 1.29 is 5.11 Å². The second-order valence-electron chi connectivity index (χ2n) is 4.85. The van der Waals surface area contributed by atoms with Gasteiger partial charge in [0.1, 0.15) is 0 Å². The molecule has 0 spiro atoms. The quantitative estimate of drug-likeness (QED) is 0.896. The first-order chi connectivity index (χ1) is 9.21. The lowest BCUT2D eigenvalue weighted by atomic mass is 10.0. The van der Waals surface area contributed by atoms with E-state index in [1.807, 2.05) is 19.2 Å². The van der Waals surface area contributed by atoms with Crippen LogP contribution < -0.4 is 0 Å². The average molecular weight is 258 g/mol. The number of para-hydroxylation sites is 1. The van der Waals surface area contributed by atoms with Gasteiger partial charge in [-0.05, 0) is 37.2 Å². The fourth-order valence-electron chi connectivity index (χ4n) is 2.64. The summed E-state index contributed by atoms with van der Waals surface area (Å²) in [6, 6.07) is 8.36. The summed E-state index contributed by atoms with van der Waals surface area (Å²) in [5, 5.41) is 10.9. The summed E-state index contributed by atoms with van der Waals surface area (Å²) in [4.78, 5) is 6.82. The van der Waals surface area contributed by atoms with E-state index in [2.05, 4.69) is 41.9 Å². The van der Waals surface area contributed by atoms with E-state index in [0.717, 1.165) is 35.1 Å². The van der Waals surface area contributed by atoms with E-state index in [9.17, 15) is 5.11 Å². The van der Waals surface area contributed by atoms with Gasteiger partial charge in [-0.15, -0.1) is 0 Å². The number of fused-ring (bicyclic) bond motifs is 1. The standard InChI is InChI=1S/C16H22N2O/c1-4-18(5-2)15(11-19)14-8-6-7-13-9-12(3)10-17-16(13)14/h6-10,15,19H,4-5,11H2,1-3H3. The number of aliphatic hydroxyl groups excluding tert-OH is 1. The maximum atomic E-state index is 9.76. The molecule has 2 aromatic rings. The van der Waals surface area contributed by atoms with E-state index < -0.39 is 0 Å². The fourth-order valence-corrected chi connectivity index (χ4v) is 2.64. The molecule has 2 rings (SSSR count). The van der Waals surface area contributed by atoms with Crippen LogP contribution in [-0.4, -0.2) is 34.7 Å². The molecule has 19 heavy (non-hydrogen) atoms. The van der Waals surface area contributed by atoms with Crippen LogP contribution in [0.5, 0.6) is 0 Å². The number of hydrogen-bond acceptors (Lipinski definition) is 3. The molecule has 0 bridgehead atoms. The number of likely N-dealkylation sites (N-methyl/N-ethyl adjacent to an activating group) is 1. The normalized spacial score (nSPS) is 13.1. The van der Waals surface area contributed by atoms with Gasteiger partial charge in [0, 0.05) is 11.6 Å². The van der Waals surface area contributed by atoms with Crippen molar-refractivity contribution >= 4 is 10.9 Å². The molecule has 0 aliphatic rings. The first-order valence-corrected chi connectivity index (χ1v) is 6.91. The van der Waals surface area contributed by atoms with Crippen molar-refractivity contribution in [3.63, 3.8) is 0 Å². The smallest absolute Gasteiger partial charge is 0.0750 e. The molecule has 1 unspecified atom stereocenters. The van der Waals surface area contributed by atoms with Crippen LogP contribution in [0.3, 0.4) is 0 Å². The lowest BCUT2D eigenvalue weighted by Gasteiger charge is -2.29. The van der Waals surface area contributed by atoms with Gasteiger partial charge in [0.2, 0.25) is 0 Å². The third-order valence-corrected chi connectivity index (χ3v) is 3.66. The van der Waals surface area contributed by atoms with Crippen molar-refractivity contribution in [3.05, 3.63) is 41.6 Å². The summed E-state index contributed by atoms with van der Waals surface area (Å²) >= 11 is 0. The molecular weight excluding hydrogens is 236 g/mol. The predicted octanol–water partition coefficient (Wildman–Crippen LogP) is 2.92. The first kappa shape index (κ1) is 14.0. The molecule has 1 aromatic heterocycles. The van der Waals surface area contributed by atoms with Gasteiger partial charge in [-0.25, -0.2) is 0 Å². The lowest BCUT2D eigenvalue weighted by Crippen LogP contribution is -2.31. The van der Waals surface area contributed by atoms with Crippen molar-refractivity contribution in [1.82, 2.24) is 9.88 Å². The van der Waals surface area contributed by atoms with Crippen LogP contribution in [-0.2, 0) is 0 Å². The van der Waals surface area contributed by atoms with Crippen LogP contribution in [0.15, 0.2) is 30.5 Å². The van der Waals surface area contributed by atoms with Crippen LogP contribution in [0.4, 0.5) is 0 Å². The molecule has 0 saturated heterocycles. The Hall–Kier alpha value is -1.45. The number of aliphatic hydroxyl groups is 1. The van der Waals surface area contributed by atoms with Crippen LogP contribution in [0.2, 0.25) is 0 Å². The Morgan fingerprint density at radius 1 is 1.26 bits per heavy atom. The van der Waals surface area contributed by atoms with Gasteiger partial charge in [-0.3, -0.25) is 9.88 Å². The third-order valence-electron chi connectivity index (χ3n) is 3.66. The summed E-state index contributed by atoms with van der Waals surface area (Å²) in [5.41, 5.74) is 3.27. The van der Waals surface area contributed by atoms with Gasteiger partial charge in [0.25, 0.3) is 0 Å². The zero-order valence-electron chi connectivity index (χ0n) is 11.9. The van der Waals surface area contributed by atoms with Crippen molar-refractivity contribution in [1.29, 1.82) is 0 Å². The van der Waals surface area contributed by atoms with E-state index in [4.69, 9.17) is 0 Å². The summed E-state index contributed by atoms with van der Waals surface area (Å²) < 4.78 is 0. The number of nitrogens with zero attached hydrogens (tertiary/aromatic N) is 2. The second kappa shape index (κ2) is 6.13. The number of benzene rings is 1. The van der Waals surface area contributed by atoms with Crippen molar-refractivity contribution in [2.45, 2.75) is 26.8 Å². The molecule has 0 saturated carbocycles. The zero-order chi connectivity index (χ0) is 13.8. The number of rotatable bonds is 5. The zero-order valence-corrected chi connectivity index (χ0v) is 11.9. The highest BCUT2D eigenvalue weighted by Gasteiger charge is 2.19. The Bertz CT molecular complexity index is 549. The van der Waals surface area contributed by atoms with E-state index in [0.29, 0.717) is 0 Å². The van der Waals surface area contributed by atoms with E-state index in [-0.39, 0.29) is 12.6 Å². The molecule has 1 N–H and O–H groups in total. The topological polar surface area (TPSA) is 36.4 Å². The number of pyridine rings is 1. The highest BCUT2D eigenvalue weighted by molar-refractivity contribution is 5.82. The molecule has 0 radical (unpaired) electrons. The third kappa shape index (κ3) is 2.77. The highest BCUT2D eigenvalue weighted by atomic mass is 16.3. The molecule has 3 nitrogen and oxygen atoms in total. The minimum Gasteiger partial charge on any atom is -0.394 e. The van der Waals surface area contributed by atoms with Crippen molar-refractivity contribution in [2.24, 2.45) is 0 Å². The van der Waals surface area contributed by atoms with Crippen LogP contribution in [0, 0.1) is 6.92 Å². The monoisotopic (exact) mass is 258 g/mol. The molecular formula is C16H22N2O. The second-order valence-corrected chi connectivity index (χ2v) is 4.85. The lowest BCUT2D eigenvalue weighted by molar-refractivity contribution is 0.134. The summed E-state index contributed by atoms with van der Waals surface area (Å²) in [7, 11) is 0.